The van der Waals surface area contributed by atoms with E-state index < -0.39 is 0 Å². The topological polar surface area (TPSA) is 74.5 Å². The van der Waals surface area contributed by atoms with Crippen LogP contribution in [0.4, 0.5) is 0 Å². The van der Waals surface area contributed by atoms with Gasteiger partial charge in [0, 0.05) is 0 Å². The van der Waals surface area contributed by atoms with Crippen LogP contribution in [0.15, 0.2) is 35.3 Å². The molecule has 68 valence electrons. The maximum Gasteiger partial charge on any atom is 0.291 e. The van der Waals surface area contributed by atoms with Crippen molar-refractivity contribution in [2.45, 2.75) is 0 Å². The Morgan fingerprint density at radius 2 is 2.07 bits per heavy atom. The molecule has 1 aromatic heterocycles. The Morgan fingerprint density at radius 3 is 2.57 bits per heavy atom. The number of rotatable bonds is 1. The second-order valence-electron chi connectivity index (χ2n) is 2.69. The van der Waals surface area contributed by atoms with Gasteiger partial charge in [-0.3, -0.25) is 4.79 Å². The quantitative estimate of drug-likeness (QED) is 0.701. The van der Waals surface area contributed by atoms with Crippen LogP contribution in [0.5, 0.6) is 0 Å². The van der Waals surface area contributed by atoms with Crippen LogP contribution >= 0.6 is 0 Å². The zero-order chi connectivity index (χ0) is 9.97. The van der Waals surface area contributed by atoms with Crippen LogP contribution in [-0.2, 0) is 0 Å². The molecule has 1 N–H and O–H groups in total. The third kappa shape index (κ3) is 1.29. The van der Waals surface area contributed by atoms with Gasteiger partial charge >= 0.3 is 0 Å². The minimum Gasteiger partial charge on any atom is -0.266 e. The molecule has 5 heteroatoms. The fraction of sp³-hybridized carbons (Fsp3) is 0. The molecule has 1 aromatic carbocycles. The summed E-state index contributed by atoms with van der Waals surface area (Å²) in [4.78, 5) is 11.2. The van der Waals surface area contributed by atoms with Crippen LogP contribution in [0.3, 0.4) is 0 Å². The molecule has 0 saturated heterocycles. The van der Waals surface area contributed by atoms with Gasteiger partial charge in [-0.1, -0.05) is 0 Å². The van der Waals surface area contributed by atoms with Crippen LogP contribution in [0.25, 0.3) is 5.69 Å². The lowest BCUT2D eigenvalue weighted by Crippen LogP contribution is -2.13. The van der Waals surface area contributed by atoms with Crippen LogP contribution in [0.1, 0.15) is 5.56 Å². The number of aromatic nitrogens is 3. The van der Waals surface area contributed by atoms with Gasteiger partial charge in [-0.25, -0.2) is 9.90 Å². The molecule has 0 spiro atoms. The second kappa shape index (κ2) is 3.18. The zero-order valence-corrected chi connectivity index (χ0v) is 7.14. The van der Waals surface area contributed by atoms with Crippen LogP contribution < -0.4 is 5.56 Å². The lowest BCUT2D eigenvalue weighted by Gasteiger charge is -1.98. The molecule has 0 aliphatic rings. The molecule has 0 atom stereocenters. The van der Waals surface area contributed by atoms with E-state index in [1.54, 1.807) is 24.3 Å². The van der Waals surface area contributed by atoms with Gasteiger partial charge in [-0.2, -0.15) is 10.4 Å². The molecule has 0 amide bonds. The zero-order valence-electron chi connectivity index (χ0n) is 7.14. The largest absolute Gasteiger partial charge is 0.291 e. The van der Waals surface area contributed by atoms with Gasteiger partial charge in [0.15, 0.2) is 0 Å². The number of nitrogens with one attached hydrogen (secondary N) is 1. The fourth-order valence-corrected chi connectivity index (χ4v) is 1.12. The van der Waals surface area contributed by atoms with Gasteiger partial charge in [0.2, 0.25) is 0 Å². The number of H-pyrrole nitrogens is 1. The molecule has 0 bridgehead atoms. The summed E-state index contributed by atoms with van der Waals surface area (Å²) >= 11 is 0. The van der Waals surface area contributed by atoms with Crippen molar-refractivity contribution in [1.29, 1.82) is 5.26 Å². The van der Waals surface area contributed by atoms with Gasteiger partial charge in [0.05, 0.1) is 17.3 Å². The highest BCUT2D eigenvalue weighted by molar-refractivity contribution is 5.38. The van der Waals surface area contributed by atoms with E-state index in [-0.39, 0.29) is 5.56 Å². The summed E-state index contributed by atoms with van der Waals surface area (Å²) in [6.07, 6.45) is 1.19. The maximum absolute atomic E-state index is 11.2. The van der Waals surface area contributed by atoms with Crippen molar-refractivity contribution in [3.05, 3.63) is 46.4 Å². The average Bonchev–Trinajstić information content (AvgIpc) is 2.65. The highest BCUT2D eigenvalue weighted by Gasteiger charge is 1.99. The van der Waals surface area contributed by atoms with Crippen molar-refractivity contribution in [1.82, 2.24) is 15.0 Å². The molecular formula is C9H6N4O. The molecule has 2 rings (SSSR count). The van der Waals surface area contributed by atoms with E-state index in [9.17, 15) is 4.79 Å². The first-order valence-corrected chi connectivity index (χ1v) is 3.94. The predicted molar refractivity (Wildman–Crippen MR) is 48.9 cm³/mol. The lowest BCUT2D eigenvalue weighted by molar-refractivity contribution is 0.785. The van der Waals surface area contributed by atoms with E-state index in [1.165, 1.54) is 10.9 Å². The van der Waals surface area contributed by atoms with Gasteiger partial charge in [0.25, 0.3) is 5.56 Å². The van der Waals surface area contributed by atoms with E-state index in [0.29, 0.717) is 11.3 Å². The van der Waals surface area contributed by atoms with E-state index in [4.69, 9.17) is 5.26 Å². The van der Waals surface area contributed by atoms with Crippen molar-refractivity contribution in [2.24, 2.45) is 0 Å². The Labute approximate surface area is 79.2 Å². The average molecular weight is 186 g/mol. The second-order valence-corrected chi connectivity index (χ2v) is 2.69. The third-order valence-corrected chi connectivity index (χ3v) is 1.81. The Hall–Kier alpha value is -2.35. The molecule has 0 fully saturated rings. The van der Waals surface area contributed by atoms with Crippen molar-refractivity contribution in [3.8, 4) is 11.8 Å². The lowest BCUT2D eigenvalue weighted by atomic mass is 10.2. The SMILES string of the molecule is N#Cc1ccc(-n2[nH]ncc2=O)cc1. The van der Waals surface area contributed by atoms with Gasteiger partial charge < -0.3 is 0 Å². The molecule has 0 aliphatic heterocycles. The first-order chi connectivity index (χ1) is 6.81. The summed E-state index contributed by atoms with van der Waals surface area (Å²) in [5.41, 5.74) is 0.988. The van der Waals surface area contributed by atoms with Gasteiger partial charge in [-0.15, -0.1) is 0 Å². The van der Waals surface area contributed by atoms with E-state index in [1.807, 2.05) is 6.07 Å². The molecule has 0 radical (unpaired) electrons. The normalized spacial score (nSPS) is 9.64. The summed E-state index contributed by atoms with van der Waals surface area (Å²) < 4.78 is 1.29. The van der Waals surface area contributed by atoms with Crippen LogP contribution in [0, 0.1) is 11.3 Å². The van der Waals surface area contributed by atoms with E-state index in [0.717, 1.165) is 0 Å². The molecule has 0 aliphatic carbocycles. The summed E-state index contributed by atoms with van der Waals surface area (Å²) in [7, 11) is 0. The first-order valence-electron chi connectivity index (χ1n) is 3.94. The monoisotopic (exact) mass is 186 g/mol. The molecule has 0 saturated carbocycles. The number of hydrogen-bond acceptors (Lipinski definition) is 3. The van der Waals surface area contributed by atoms with Gasteiger partial charge in [-0.05, 0) is 24.3 Å². The molecule has 2 aromatic rings. The van der Waals surface area contributed by atoms with Crippen molar-refractivity contribution in [2.75, 3.05) is 0 Å². The number of aromatic amines is 1. The highest BCUT2D eigenvalue weighted by atomic mass is 16.1. The third-order valence-electron chi connectivity index (χ3n) is 1.81. The summed E-state index contributed by atoms with van der Waals surface area (Å²) in [5.74, 6) is 0. The maximum atomic E-state index is 11.2. The summed E-state index contributed by atoms with van der Waals surface area (Å²) in [6.45, 7) is 0. The standard InChI is InChI=1S/C9H6N4O/c10-5-7-1-3-8(4-2-7)13-9(14)6-11-12-13/h1-4,6,12H. The van der Waals surface area contributed by atoms with Crippen LogP contribution in [-0.4, -0.2) is 15.0 Å². The van der Waals surface area contributed by atoms with Gasteiger partial charge in [0.1, 0.15) is 6.20 Å². The fourth-order valence-electron chi connectivity index (χ4n) is 1.12. The molecular weight excluding hydrogens is 180 g/mol. The van der Waals surface area contributed by atoms with Crippen molar-refractivity contribution < 1.29 is 0 Å². The van der Waals surface area contributed by atoms with Crippen LogP contribution in [0.2, 0.25) is 0 Å². The minimum absolute atomic E-state index is 0.227. The van der Waals surface area contributed by atoms with E-state index in [2.05, 4.69) is 10.3 Å². The smallest absolute Gasteiger partial charge is 0.266 e. The summed E-state index contributed by atoms with van der Waals surface area (Å²) in [6, 6.07) is 8.64. The Kier molecular flexibility index (Phi) is 1.88. The summed E-state index contributed by atoms with van der Waals surface area (Å²) in [5, 5.41) is 14.7. The Morgan fingerprint density at radius 1 is 1.36 bits per heavy atom. The first kappa shape index (κ1) is 8.26. The van der Waals surface area contributed by atoms with E-state index >= 15 is 0 Å². The van der Waals surface area contributed by atoms with Crippen molar-refractivity contribution in [3.63, 3.8) is 0 Å². The number of hydrogen-bond donors (Lipinski definition) is 1. The predicted octanol–water partition coefficient (Wildman–Crippen LogP) is 0.432. The highest BCUT2D eigenvalue weighted by Crippen LogP contribution is 2.04. The number of nitriles is 1. The Balaban J connectivity index is 2.50. The molecule has 0 unspecified atom stereocenters. The Bertz CT molecular complexity index is 529. The number of nitrogens with zero attached hydrogens (tertiary/aromatic N) is 3. The van der Waals surface area contributed by atoms with Crippen molar-refractivity contribution >= 4 is 0 Å². The molecule has 14 heavy (non-hydrogen) atoms. The number of benzene rings is 1. The molecule has 1 heterocycles. The molecule has 5 nitrogen and oxygen atoms in total. The minimum atomic E-state index is -0.227.